The maximum atomic E-state index is 7.29. The SMILES string of the molecule is Cc1cc(C)c(-c2cc3c4c(c2)N(c2ccccc2C)c2ccc5c(oc6ccc(C(C)(C)C)cc65)c2B4c2cc(C(C)(C)C)ccc2N3c2cc3c(cc2C)C(C)(C)CCC3(C)C)c(C)c1. The molecule has 0 fully saturated rings. The summed E-state index contributed by atoms with van der Waals surface area (Å²) in [6.45, 7) is 35.1. The van der Waals surface area contributed by atoms with Gasteiger partial charge in [0.05, 0.1) is 0 Å². The molecule has 0 radical (unpaired) electrons. The van der Waals surface area contributed by atoms with Gasteiger partial charge in [0.2, 0.25) is 0 Å². The highest BCUT2D eigenvalue weighted by Crippen LogP contribution is 2.53. The molecule has 3 aliphatic rings. The van der Waals surface area contributed by atoms with Crippen molar-refractivity contribution in [2.45, 2.75) is 138 Å². The van der Waals surface area contributed by atoms with E-state index < -0.39 is 0 Å². The topological polar surface area (TPSA) is 19.6 Å². The predicted molar refractivity (Wildman–Crippen MR) is 290 cm³/mol. The molecule has 0 unspecified atom stereocenters. The van der Waals surface area contributed by atoms with Crippen LogP contribution in [0.1, 0.15) is 132 Å². The smallest absolute Gasteiger partial charge is 0.257 e. The van der Waals surface area contributed by atoms with Crippen molar-refractivity contribution in [3.63, 3.8) is 0 Å². The average Bonchev–Trinajstić information content (AvgIpc) is 3.63. The zero-order valence-corrected chi connectivity index (χ0v) is 42.7. The standard InChI is InChI=1S/C63H67BN2O/c1-36-28-39(4)56(40(5)29-36)41-31-53-57-54(32-41)66(52-35-47-46(30-38(52)3)62(12,13)26-27-63(47,14)15)50-23-20-43(61(9,10)11)34-48(50)64(57)58-51(65(53)49-19-17-16-18-37(49)2)24-22-44-45-33-42(60(6,7)8)21-25-55(45)67-59(44)58/h16-25,28-35H,26-27H2,1-15H3. The van der Waals surface area contributed by atoms with Crippen LogP contribution in [0.15, 0.2) is 114 Å². The van der Waals surface area contributed by atoms with E-state index in [1.165, 1.54) is 129 Å². The first kappa shape index (κ1) is 43.6. The number of furan rings is 1. The summed E-state index contributed by atoms with van der Waals surface area (Å²) >= 11 is 0. The molecule has 2 aliphatic heterocycles. The van der Waals surface area contributed by atoms with E-state index >= 15 is 0 Å². The number of hydrogen-bond donors (Lipinski definition) is 0. The Labute approximate surface area is 400 Å². The van der Waals surface area contributed by atoms with Crippen molar-refractivity contribution >= 4 is 79.2 Å². The van der Waals surface area contributed by atoms with Gasteiger partial charge in [-0.2, -0.15) is 0 Å². The number of para-hydroxylation sites is 1. The number of hydrogen-bond acceptors (Lipinski definition) is 3. The van der Waals surface area contributed by atoms with Gasteiger partial charge in [0.25, 0.3) is 6.71 Å². The zero-order chi connectivity index (χ0) is 47.4. The summed E-state index contributed by atoms with van der Waals surface area (Å²) in [6.07, 6.45) is 2.34. The number of aryl methyl sites for hydroxylation is 5. The number of rotatable bonds is 3. The Morgan fingerprint density at radius 3 is 1.72 bits per heavy atom. The van der Waals surface area contributed by atoms with Crippen LogP contribution in [0.25, 0.3) is 33.1 Å². The van der Waals surface area contributed by atoms with Gasteiger partial charge in [0, 0.05) is 44.9 Å². The molecule has 0 saturated heterocycles. The van der Waals surface area contributed by atoms with Crippen molar-refractivity contribution in [1.82, 2.24) is 0 Å². The van der Waals surface area contributed by atoms with Crippen molar-refractivity contribution in [2.75, 3.05) is 9.80 Å². The first-order valence-electron chi connectivity index (χ1n) is 24.8. The molecule has 0 spiro atoms. The van der Waals surface area contributed by atoms with E-state index in [1.54, 1.807) is 0 Å². The second kappa shape index (κ2) is 14.5. The van der Waals surface area contributed by atoms with Gasteiger partial charge in [0.15, 0.2) is 0 Å². The molecule has 1 aliphatic carbocycles. The van der Waals surface area contributed by atoms with Crippen LogP contribution in [0.4, 0.5) is 34.1 Å². The third-order valence-electron chi connectivity index (χ3n) is 16.1. The second-order valence-electron chi connectivity index (χ2n) is 24.0. The van der Waals surface area contributed by atoms with Crippen LogP contribution in [0.2, 0.25) is 0 Å². The molecular weight excluding hydrogens is 812 g/mol. The summed E-state index contributed by atoms with van der Waals surface area (Å²) in [4.78, 5) is 5.25. The maximum Gasteiger partial charge on any atom is 0.257 e. The van der Waals surface area contributed by atoms with Gasteiger partial charge in [-0.15, -0.1) is 0 Å². The van der Waals surface area contributed by atoms with Crippen LogP contribution in [-0.2, 0) is 21.7 Å². The summed E-state index contributed by atoms with van der Waals surface area (Å²) in [5.41, 5.74) is 27.7. The largest absolute Gasteiger partial charge is 0.457 e. The van der Waals surface area contributed by atoms with E-state index in [2.05, 4.69) is 223 Å². The lowest BCUT2D eigenvalue weighted by molar-refractivity contribution is 0.332. The molecule has 4 heteroatoms. The Morgan fingerprint density at radius 1 is 0.493 bits per heavy atom. The van der Waals surface area contributed by atoms with Gasteiger partial charge in [-0.25, -0.2) is 0 Å². The lowest BCUT2D eigenvalue weighted by atomic mass is 9.33. The molecule has 3 nitrogen and oxygen atoms in total. The van der Waals surface area contributed by atoms with Crippen LogP contribution >= 0.6 is 0 Å². The normalized spacial score (nSPS) is 16.0. The molecule has 0 N–H and O–H groups in total. The minimum atomic E-state index is -0.109. The lowest BCUT2D eigenvalue weighted by Gasteiger charge is -2.46. The third kappa shape index (κ3) is 6.59. The van der Waals surface area contributed by atoms with Crippen molar-refractivity contribution in [3.8, 4) is 11.1 Å². The fraction of sp³-hybridized carbons (Fsp3) is 0.333. The zero-order valence-electron chi connectivity index (χ0n) is 42.7. The Morgan fingerprint density at radius 2 is 1.07 bits per heavy atom. The molecule has 8 aromatic rings. The Hall–Kier alpha value is -6.00. The highest BCUT2D eigenvalue weighted by atomic mass is 16.3. The summed E-state index contributed by atoms with van der Waals surface area (Å²) in [5.74, 6) is 0. The minimum absolute atomic E-state index is 0.00222. The van der Waals surface area contributed by atoms with Crippen molar-refractivity contribution < 1.29 is 4.42 Å². The first-order valence-corrected chi connectivity index (χ1v) is 24.8. The van der Waals surface area contributed by atoms with Gasteiger partial charge in [-0.3, -0.25) is 0 Å². The van der Waals surface area contributed by atoms with Crippen molar-refractivity contribution in [3.05, 3.63) is 159 Å². The quantitative estimate of drug-likeness (QED) is 0.165. The molecule has 338 valence electrons. The molecule has 7 aromatic carbocycles. The third-order valence-corrected chi connectivity index (χ3v) is 16.1. The monoisotopic (exact) mass is 879 g/mol. The van der Waals surface area contributed by atoms with E-state index in [0.29, 0.717) is 0 Å². The molecule has 0 bridgehead atoms. The van der Waals surface area contributed by atoms with E-state index in [0.717, 1.165) is 17.6 Å². The Bertz CT molecular complexity index is 3380. The molecule has 0 atom stereocenters. The van der Waals surface area contributed by atoms with Gasteiger partial charge in [-0.1, -0.05) is 129 Å². The number of nitrogens with zero attached hydrogens (tertiary/aromatic N) is 2. The molecule has 0 amide bonds. The minimum Gasteiger partial charge on any atom is -0.457 e. The van der Waals surface area contributed by atoms with E-state index in [4.69, 9.17) is 4.42 Å². The first-order chi connectivity index (χ1) is 31.5. The molecule has 3 heterocycles. The summed E-state index contributed by atoms with van der Waals surface area (Å²) in [7, 11) is 0. The summed E-state index contributed by atoms with van der Waals surface area (Å²) in [5, 5.41) is 2.35. The highest BCUT2D eigenvalue weighted by Gasteiger charge is 2.47. The lowest BCUT2D eigenvalue weighted by Crippen LogP contribution is -2.61. The second-order valence-corrected chi connectivity index (χ2v) is 24.0. The van der Waals surface area contributed by atoms with Gasteiger partial charge < -0.3 is 14.2 Å². The van der Waals surface area contributed by atoms with E-state index in [9.17, 15) is 0 Å². The average molecular weight is 879 g/mol. The maximum absolute atomic E-state index is 7.29. The number of fused-ring (bicyclic) bond motifs is 9. The van der Waals surface area contributed by atoms with Crippen LogP contribution in [-0.4, -0.2) is 6.71 Å². The van der Waals surface area contributed by atoms with Crippen LogP contribution in [0, 0.1) is 34.6 Å². The fourth-order valence-corrected chi connectivity index (χ4v) is 12.3. The summed E-state index contributed by atoms with van der Waals surface area (Å²) < 4.78 is 7.29. The molecular formula is C63H67BN2O. The number of benzene rings is 7. The van der Waals surface area contributed by atoms with Crippen molar-refractivity contribution in [1.29, 1.82) is 0 Å². The molecule has 11 rings (SSSR count). The molecule has 1 aromatic heterocycles. The molecule has 67 heavy (non-hydrogen) atoms. The van der Waals surface area contributed by atoms with Crippen LogP contribution in [0.5, 0.6) is 0 Å². The number of anilines is 6. The summed E-state index contributed by atoms with van der Waals surface area (Å²) in [6, 6.07) is 42.8. The van der Waals surface area contributed by atoms with Crippen molar-refractivity contribution in [2.24, 2.45) is 0 Å². The predicted octanol–water partition coefficient (Wildman–Crippen LogP) is 15.8. The molecule has 0 saturated carbocycles. The van der Waals surface area contributed by atoms with Gasteiger partial charge >= 0.3 is 0 Å². The van der Waals surface area contributed by atoms with Gasteiger partial charge in [-0.05, 0) is 196 Å². The van der Waals surface area contributed by atoms with Crippen LogP contribution < -0.4 is 26.2 Å². The fourth-order valence-electron chi connectivity index (χ4n) is 12.3. The Balaban J connectivity index is 1.33. The highest BCUT2D eigenvalue weighted by molar-refractivity contribution is 7.01. The van der Waals surface area contributed by atoms with E-state index in [-0.39, 0.29) is 28.4 Å². The Kier molecular flexibility index (Phi) is 9.43. The van der Waals surface area contributed by atoms with E-state index in [1.807, 2.05) is 0 Å². The van der Waals surface area contributed by atoms with Gasteiger partial charge in [0.1, 0.15) is 11.2 Å². The van der Waals surface area contributed by atoms with Crippen LogP contribution in [0.3, 0.4) is 0 Å².